The van der Waals surface area contributed by atoms with Crippen molar-refractivity contribution < 1.29 is 14.3 Å². The van der Waals surface area contributed by atoms with Gasteiger partial charge in [0.15, 0.2) is 0 Å². The Bertz CT molecular complexity index is 784. The lowest BCUT2D eigenvalue weighted by Gasteiger charge is -2.29. The van der Waals surface area contributed by atoms with Crippen LogP contribution in [0.15, 0.2) is 6.33 Å². The van der Waals surface area contributed by atoms with Gasteiger partial charge in [-0.3, -0.25) is 4.79 Å². The highest BCUT2D eigenvalue weighted by atomic mass is 32.1. The van der Waals surface area contributed by atoms with E-state index in [1.807, 2.05) is 25.2 Å². The van der Waals surface area contributed by atoms with E-state index in [-0.39, 0.29) is 12.0 Å². The molecule has 0 aromatic carbocycles. The number of ether oxygens (including phenoxy) is 2. The molecule has 7 nitrogen and oxygen atoms in total. The molecule has 2 aliphatic carbocycles. The van der Waals surface area contributed by atoms with Crippen LogP contribution in [0.4, 0.5) is 0 Å². The summed E-state index contributed by atoms with van der Waals surface area (Å²) in [6, 6.07) is 0.593. The molecule has 1 amide bonds. The fraction of sp³-hybridized carbons (Fsp3) is 0.682. The number of amides is 1. The lowest BCUT2D eigenvalue weighted by atomic mass is 9.93. The van der Waals surface area contributed by atoms with E-state index in [1.165, 1.54) is 35.6 Å². The van der Waals surface area contributed by atoms with E-state index in [9.17, 15) is 4.79 Å². The number of carbonyl (C=O) groups is 1. The van der Waals surface area contributed by atoms with Crippen molar-refractivity contribution in [3.8, 4) is 5.88 Å². The molecule has 0 unspecified atom stereocenters. The van der Waals surface area contributed by atoms with Crippen molar-refractivity contribution in [3.05, 3.63) is 16.8 Å². The Hall–Kier alpha value is -1.77. The molecule has 1 fully saturated rings. The molecule has 2 heterocycles. The molecule has 0 bridgehead atoms. The number of methoxy groups -OCH3 is 1. The second kappa shape index (κ2) is 12.8. The van der Waals surface area contributed by atoms with E-state index >= 15 is 0 Å². The van der Waals surface area contributed by atoms with Crippen molar-refractivity contribution >= 4 is 27.5 Å². The fourth-order valence-electron chi connectivity index (χ4n) is 3.90. The van der Waals surface area contributed by atoms with E-state index in [2.05, 4.69) is 21.0 Å². The molecular formula is C22H36N4O3S. The predicted molar refractivity (Wildman–Crippen MR) is 122 cm³/mol. The Morgan fingerprint density at radius 2 is 1.93 bits per heavy atom. The normalized spacial score (nSPS) is 19.9. The van der Waals surface area contributed by atoms with Crippen LogP contribution in [0.1, 0.15) is 63.3 Å². The summed E-state index contributed by atoms with van der Waals surface area (Å²) in [6.45, 7) is 7.01. The third-order valence-electron chi connectivity index (χ3n) is 5.16. The standard InChI is InChI=1S/C18H25N3O2S.C2H5NO.C2H6/c1-22-10-9-19-12-5-7-13(8-6-12)23-17-16-14-3-2-4-15(14)24-18(16)21-11-20-17;1-2(3)4;1-2/h11-13,19H,2-10H2,1H3;1H3,(H2,3,4);1-2H3. The van der Waals surface area contributed by atoms with E-state index in [1.54, 1.807) is 13.4 Å². The first-order chi connectivity index (χ1) is 14.6. The van der Waals surface area contributed by atoms with Crippen molar-refractivity contribution in [3.63, 3.8) is 0 Å². The van der Waals surface area contributed by atoms with Gasteiger partial charge in [0.25, 0.3) is 0 Å². The number of rotatable bonds is 6. The van der Waals surface area contributed by atoms with Gasteiger partial charge in [0.1, 0.15) is 17.3 Å². The number of nitrogens with two attached hydrogens (primary N) is 1. The van der Waals surface area contributed by atoms with Crippen molar-refractivity contribution in [2.24, 2.45) is 5.73 Å². The molecule has 0 spiro atoms. The van der Waals surface area contributed by atoms with Crippen LogP contribution in [0.25, 0.3) is 10.2 Å². The molecule has 4 rings (SSSR count). The number of fused-ring (bicyclic) bond motifs is 3. The Morgan fingerprint density at radius 1 is 1.23 bits per heavy atom. The average molecular weight is 437 g/mol. The summed E-state index contributed by atoms with van der Waals surface area (Å²) in [6.07, 6.45) is 10.0. The number of hydrogen-bond acceptors (Lipinski definition) is 7. The monoisotopic (exact) mass is 436 g/mol. The van der Waals surface area contributed by atoms with Crippen LogP contribution >= 0.6 is 11.3 Å². The number of aromatic nitrogens is 2. The molecule has 2 aromatic heterocycles. The van der Waals surface area contributed by atoms with Crippen LogP contribution in [0, 0.1) is 0 Å². The van der Waals surface area contributed by atoms with Gasteiger partial charge in [-0.05, 0) is 50.5 Å². The summed E-state index contributed by atoms with van der Waals surface area (Å²) in [5, 5.41) is 4.75. The summed E-state index contributed by atoms with van der Waals surface area (Å²) in [5.74, 6) is 0.482. The van der Waals surface area contributed by atoms with Gasteiger partial charge in [-0.15, -0.1) is 11.3 Å². The topological polar surface area (TPSA) is 99.4 Å². The molecule has 2 aliphatic rings. The first-order valence-corrected chi connectivity index (χ1v) is 11.8. The number of hydrogen-bond donors (Lipinski definition) is 2. The Balaban J connectivity index is 0.000000481. The summed E-state index contributed by atoms with van der Waals surface area (Å²) in [7, 11) is 1.75. The predicted octanol–water partition coefficient (Wildman–Crippen LogP) is 3.62. The number of carbonyl (C=O) groups excluding carboxylic acids is 1. The Morgan fingerprint density at radius 3 is 2.60 bits per heavy atom. The SMILES string of the molecule is CC.CC(N)=O.COCCNC1CCC(Oc2ncnc3sc4c(c23)CCC4)CC1. The van der Waals surface area contributed by atoms with E-state index in [0.717, 1.165) is 56.0 Å². The minimum atomic E-state index is -0.333. The maximum atomic E-state index is 9.22. The lowest BCUT2D eigenvalue weighted by molar-refractivity contribution is -0.115. The summed E-state index contributed by atoms with van der Waals surface area (Å²) < 4.78 is 11.4. The van der Waals surface area contributed by atoms with Crippen molar-refractivity contribution in [2.45, 2.75) is 77.9 Å². The maximum Gasteiger partial charge on any atom is 0.225 e. The van der Waals surface area contributed by atoms with Gasteiger partial charge in [0.05, 0.1) is 12.0 Å². The van der Waals surface area contributed by atoms with Gasteiger partial charge in [-0.2, -0.15) is 0 Å². The largest absolute Gasteiger partial charge is 0.474 e. The van der Waals surface area contributed by atoms with Gasteiger partial charge >= 0.3 is 0 Å². The first kappa shape index (κ1) is 24.5. The molecule has 0 aliphatic heterocycles. The molecule has 30 heavy (non-hydrogen) atoms. The fourth-order valence-corrected chi connectivity index (χ4v) is 5.12. The molecule has 0 radical (unpaired) electrons. The van der Waals surface area contributed by atoms with Crippen LogP contribution in [0.2, 0.25) is 0 Å². The van der Waals surface area contributed by atoms with Gasteiger partial charge in [-0.1, -0.05) is 13.8 Å². The number of thiophene rings is 1. The van der Waals surface area contributed by atoms with Crippen LogP contribution in [-0.2, 0) is 22.4 Å². The summed E-state index contributed by atoms with van der Waals surface area (Å²) >= 11 is 1.82. The zero-order valence-electron chi connectivity index (χ0n) is 18.7. The van der Waals surface area contributed by atoms with E-state index in [0.29, 0.717) is 6.04 Å². The van der Waals surface area contributed by atoms with E-state index in [4.69, 9.17) is 9.47 Å². The number of nitrogens with zero attached hydrogens (tertiary/aromatic N) is 2. The lowest BCUT2D eigenvalue weighted by Crippen LogP contribution is -2.37. The van der Waals surface area contributed by atoms with Crippen LogP contribution < -0.4 is 15.8 Å². The second-order valence-corrected chi connectivity index (χ2v) is 8.45. The second-order valence-electron chi connectivity index (χ2n) is 7.37. The summed E-state index contributed by atoms with van der Waals surface area (Å²) in [4.78, 5) is 20.7. The van der Waals surface area contributed by atoms with Crippen molar-refractivity contribution in [2.75, 3.05) is 20.3 Å². The highest BCUT2D eigenvalue weighted by Gasteiger charge is 2.26. The molecule has 0 atom stereocenters. The zero-order chi connectivity index (χ0) is 21.9. The molecule has 2 aromatic rings. The number of aryl methyl sites for hydroxylation is 2. The zero-order valence-corrected chi connectivity index (χ0v) is 19.5. The van der Waals surface area contributed by atoms with Gasteiger partial charge in [0.2, 0.25) is 11.8 Å². The molecule has 1 saturated carbocycles. The Labute approximate surface area is 183 Å². The van der Waals surface area contributed by atoms with Crippen molar-refractivity contribution in [1.29, 1.82) is 0 Å². The third kappa shape index (κ3) is 6.89. The Kier molecular flexibility index (Phi) is 10.5. The van der Waals surface area contributed by atoms with Gasteiger partial charge in [0, 0.05) is 31.5 Å². The number of primary amides is 1. The summed E-state index contributed by atoms with van der Waals surface area (Å²) in [5.41, 5.74) is 5.92. The number of nitrogens with one attached hydrogen (secondary N) is 1. The molecule has 8 heteroatoms. The van der Waals surface area contributed by atoms with Crippen LogP contribution in [-0.4, -0.2) is 48.3 Å². The molecule has 0 saturated heterocycles. The molecule has 168 valence electrons. The minimum absolute atomic E-state index is 0.278. The average Bonchev–Trinajstić information content (AvgIpc) is 3.32. The van der Waals surface area contributed by atoms with E-state index < -0.39 is 0 Å². The minimum Gasteiger partial charge on any atom is -0.474 e. The first-order valence-electron chi connectivity index (χ1n) is 11.0. The van der Waals surface area contributed by atoms with Crippen LogP contribution in [0.5, 0.6) is 5.88 Å². The smallest absolute Gasteiger partial charge is 0.225 e. The molecular weight excluding hydrogens is 400 g/mol. The third-order valence-corrected chi connectivity index (χ3v) is 6.36. The highest BCUT2D eigenvalue weighted by Crippen LogP contribution is 2.40. The molecule has 3 N–H and O–H groups in total. The van der Waals surface area contributed by atoms with Gasteiger partial charge in [-0.25, -0.2) is 9.97 Å². The maximum absolute atomic E-state index is 9.22. The quantitative estimate of drug-likeness (QED) is 0.671. The highest BCUT2D eigenvalue weighted by molar-refractivity contribution is 7.18. The van der Waals surface area contributed by atoms with Gasteiger partial charge < -0.3 is 20.5 Å². The van der Waals surface area contributed by atoms with Crippen LogP contribution in [0.3, 0.4) is 0 Å². The van der Waals surface area contributed by atoms with Crippen molar-refractivity contribution in [1.82, 2.24) is 15.3 Å².